The summed E-state index contributed by atoms with van der Waals surface area (Å²) in [6.45, 7) is 3.55. The van der Waals surface area contributed by atoms with Crippen LogP contribution >= 0.6 is 0 Å². The van der Waals surface area contributed by atoms with Gasteiger partial charge < -0.3 is 16.0 Å². The van der Waals surface area contributed by atoms with Crippen LogP contribution in [0.1, 0.15) is 30.4 Å². The molecule has 0 aliphatic carbocycles. The molecular formula is C23H28F3N5O. The average molecular weight is 448 g/mol. The number of benzene rings is 2. The zero-order chi connectivity index (χ0) is 22.9. The van der Waals surface area contributed by atoms with E-state index in [1.165, 1.54) is 24.8 Å². The largest absolute Gasteiger partial charge is 0.352 e. The number of likely N-dealkylation sites (tertiary alicyclic amines) is 1. The van der Waals surface area contributed by atoms with Crippen molar-refractivity contribution in [1.82, 2.24) is 15.5 Å². The monoisotopic (exact) mass is 447 g/mol. The van der Waals surface area contributed by atoms with Crippen LogP contribution in [0, 0.1) is 17.5 Å². The lowest BCUT2D eigenvalue weighted by Crippen LogP contribution is -2.41. The van der Waals surface area contributed by atoms with Gasteiger partial charge in [0, 0.05) is 20.1 Å². The first-order valence-electron chi connectivity index (χ1n) is 10.6. The zero-order valence-electron chi connectivity index (χ0n) is 18.1. The topological polar surface area (TPSA) is 68.8 Å². The summed E-state index contributed by atoms with van der Waals surface area (Å²) in [7, 11) is 1.56. The minimum absolute atomic E-state index is 0.229. The number of nitrogens with zero attached hydrogens (tertiary/aromatic N) is 2. The molecular weight excluding hydrogens is 419 g/mol. The van der Waals surface area contributed by atoms with Gasteiger partial charge in [-0.25, -0.2) is 13.2 Å². The predicted molar refractivity (Wildman–Crippen MR) is 119 cm³/mol. The maximum atomic E-state index is 13.7. The molecule has 1 heterocycles. The van der Waals surface area contributed by atoms with E-state index in [0.717, 1.165) is 37.3 Å². The molecule has 0 atom stereocenters. The van der Waals surface area contributed by atoms with Gasteiger partial charge in [0.2, 0.25) is 5.91 Å². The molecule has 6 nitrogen and oxygen atoms in total. The van der Waals surface area contributed by atoms with Gasteiger partial charge in [-0.05, 0) is 49.2 Å². The highest BCUT2D eigenvalue weighted by Crippen LogP contribution is 2.19. The Morgan fingerprint density at radius 2 is 1.62 bits per heavy atom. The number of hydrogen-bond donors (Lipinski definition) is 3. The fraction of sp³-hybridized carbons (Fsp3) is 0.391. The van der Waals surface area contributed by atoms with Crippen LogP contribution in [-0.4, -0.2) is 43.4 Å². The van der Waals surface area contributed by atoms with E-state index in [-0.39, 0.29) is 6.54 Å². The van der Waals surface area contributed by atoms with Gasteiger partial charge in [-0.3, -0.25) is 14.7 Å². The Bertz CT molecular complexity index is 943. The Morgan fingerprint density at radius 1 is 0.938 bits per heavy atom. The maximum Gasteiger partial charge on any atom is 0.243 e. The summed E-state index contributed by atoms with van der Waals surface area (Å²) in [5.41, 5.74) is 1.91. The van der Waals surface area contributed by atoms with Crippen molar-refractivity contribution >= 4 is 17.6 Å². The molecule has 1 amide bonds. The van der Waals surface area contributed by atoms with Crippen molar-refractivity contribution in [2.45, 2.75) is 32.4 Å². The summed E-state index contributed by atoms with van der Waals surface area (Å²) in [4.78, 5) is 18.5. The number of rotatable bonds is 7. The number of carbonyl (C=O) groups excluding carboxylic acids is 1. The summed E-state index contributed by atoms with van der Waals surface area (Å²) in [6, 6.07) is 10.1. The van der Waals surface area contributed by atoms with Gasteiger partial charge in [-0.15, -0.1) is 0 Å². The number of carbonyl (C=O) groups is 1. The molecule has 9 heteroatoms. The summed E-state index contributed by atoms with van der Waals surface area (Å²) in [6.07, 6.45) is 3.85. The van der Waals surface area contributed by atoms with Crippen molar-refractivity contribution < 1.29 is 18.0 Å². The van der Waals surface area contributed by atoms with Gasteiger partial charge in [0.25, 0.3) is 0 Å². The standard InChI is InChI=1S/C23H28F3N5O/c1-27-23(29-14-20(32)30-19-10-9-18(24)21(25)22(19)26)28-13-16-5-7-17(8-6-16)15-31-11-3-2-4-12-31/h5-10H,2-4,11-15H2,1H3,(H,30,32)(H2,27,28,29). The van der Waals surface area contributed by atoms with Gasteiger partial charge in [0.05, 0.1) is 12.2 Å². The van der Waals surface area contributed by atoms with Crippen molar-refractivity contribution in [3.63, 3.8) is 0 Å². The Labute approximate surface area is 185 Å². The summed E-state index contributed by atoms with van der Waals surface area (Å²) >= 11 is 0. The van der Waals surface area contributed by atoms with Gasteiger partial charge in [0.15, 0.2) is 23.4 Å². The second-order valence-corrected chi connectivity index (χ2v) is 7.70. The van der Waals surface area contributed by atoms with Crippen LogP contribution in [0.25, 0.3) is 0 Å². The van der Waals surface area contributed by atoms with Crippen molar-refractivity contribution in [2.75, 3.05) is 32.0 Å². The van der Waals surface area contributed by atoms with E-state index in [0.29, 0.717) is 12.5 Å². The van der Waals surface area contributed by atoms with Crippen LogP contribution in [0.4, 0.5) is 18.9 Å². The highest BCUT2D eigenvalue weighted by atomic mass is 19.2. The fourth-order valence-electron chi connectivity index (χ4n) is 3.53. The van der Waals surface area contributed by atoms with E-state index in [9.17, 15) is 18.0 Å². The molecule has 2 aromatic rings. The number of halogens is 3. The number of anilines is 1. The second-order valence-electron chi connectivity index (χ2n) is 7.70. The van der Waals surface area contributed by atoms with E-state index in [1.807, 2.05) is 0 Å². The molecule has 1 saturated heterocycles. The SMILES string of the molecule is CN=C(NCC(=O)Nc1ccc(F)c(F)c1F)NCc1ccc(CN2CCCCC2)cc1. The van der Waals surface area contributed by atoms with Crippen LogP contribution in [0.5, 0.6) is 0 Å². The fourth-order valence-corrected chi connectivity index (χ4v) is 3.53. The van der Waals surface area contributed by atoms with Crippen LogP contribution < -0.4 is 16.0 Å². The molecule has 0 bridgehead atoms. The molecule has 0 radical (unpaired) electrons. The van der Waals surface area contributed by atoms with E-state index >= 15 is 0 Å². The van der Waals surface area contributed by atoms with E-state index in [1.54, 1.807) is 7.05 Å². The molecule has 1 aliphatic rings. The van der Waals surface area contributed by atoms with Crippen LogP contribution in [-0.2, 0) is 17.9 Å². The van der Waals surface area contributed by atoms with Crippen LogP contribution in [0.2, 0.25) is 0 Å². The molecule has 0 spiro atoms. The number of piperidine rings is 1. The number of nitrogens with one attached hydrogen (secondary N) is 3. The molecule has 0 unspecified atom stereocenters. The lowest BCUT2D eigenvalue weighted by atomic mass is 10.1. The molecule has 2 aromatic carbocycles. The van der Waals surface area contributed by atoms with Crippen LogP contribution in [0.15, 0.2) is 41.4 Å². The van der Waals surface area contributed by atoms with Crippen LogP contribution in [0.3, 0.4) is 0 Å². The highest BCUT2D eigenvalue weighted by Gasteiger charge is 2.15. The Kier molecular flexibility index (Phi) is 8.49. The average Bonchev–Trinajstić information content (AvgIpc) is 2.81. The number of amides is 1. The molecule has 1 aliphatic heterocycles. The number of hydrogen-bond acceptors (Lipinski definition) is 3. The summed E-state index contributed by atoms with van der Waals surface area (Å²) in [5.74, 6) is -4.63. The molecule has 172 valence electrons. The molecule has 0 aromatic heterocycles. The third-order valence-corrected chi connectivity index (χ3v) is 5.29. The molecule has 32 heavy (non-hydrogen) atoms. The first-order valence-corrected chi connectivity index (χ1v) is 10.6. The third-order valence-electron chi connectivity index (χ3n) is 5.29. The molecule has 0 saturated carbocycles. The van der Waals surface area contributed by atoms with Gasteiger partial charge in [-0.1, -0.05) is 30.7 Å². The first-order chi connectivity index (χ1) is 15.5. The summed E-state index contributed by atoms with van der Waals surface area (Å²) in [5, 5.41) is 8.10. The lowest BCUT2D eigenvalue weighted by Gasteiger charge is -2.26. The predicted octanol–water partition coefficient (Wildman–Crippen LogP) is 3.39. The molecule has 1 fully saturated rings. The minimum atomic E-state index is -1.63. The van der Waals surface area contributed by atoms with E-state index in [2.05, 4.69) is 50.1 Å². The van der Waals surface area contributed by atoms with Gasteiger partial charge in [0.1, 0.15) is 0 Å². The maximum absolute atomic E-state index is 13.7. The number of aliphatic imine (C=N–C) groups is 1. The Balaban J connectivity index is 1.43. The van der Waals surface area contributed by atoms with Crippen molar-refractivity contribution in [1.29, 1.82) is 0 Å². The molecule has 3 N–H and O–H groups in total. The highest BCUT2D eigenvalue weighted by molar-refractivity contribution is 5.95. The van der Waals surface area contributed by atoms with Gasteiger partial charge >= 0.3 is 0 Å². The Morgan fingerprint density at radius 3 is 2.31 bits per heavy atom. The smallest absolute Gasteiger partial charge is 0.243 e. The second kappa shape index (κ2) is 11.5. The third kappa shape index (κ3) is 6.71. The quantitative estimate of drug-likeness (QED) is 0.346. The van der Waals surface area contributed by atoms with Crippen molar-refractivity contribution in [3.8, 4) is 0 Å². The van der Waals surface area contributed by atoms with Crippen molar-refractivity contribution in [3.05, 3.63) is 65.0 Å². The number of guanidine groups is 1. The first kappa shape index (κ1) is 23.6. The lowest BCUT2D eigenvalue weighted by molar-refractivity contribution is -0.115. The normalized spacial score (nSPS) is 14.8. The van der Waals surface area contributed by atoms with E-state index < -0.39 is 29.0 Å². The minimum Gasteiger partial charge on any atom is -0.352 e. The molecule has 3 rings (SSSR count). The van der Waals surface area contributed by atoms with E-state index in [4.69, 9.17) is 0 Å². The zero-order valence-corrected chi connectivity index (χ0v) is 18.1. The Hall–Kier alpha value is -3.07. The van der Waals surface area contributed by atoms with Crippen molar-refractivity contribution in [2.24, 2.45) is 4.99 Å². The summed E-state index contributed by atoms with van der Waals surface area (Å²) < 4.78 is 39.9. The van der Waals surface area contributed by atoms with Gasteiger partial charge in [-0.2, -0.15) is 0 Å².